The first-order valence-corrected chi connectivity index (χ1v) is 7.06. The molecule has 4 nitrogen and oxygen atoms in total. The van der Waals surface area contributed by atoms with E-state index in [1.54, 1.807) is 6.07 Å². The van der Waals surface area contributed by atoms with Gasteiger partial charge in [-0.05, 0) is 53.5 Å². The van der Waals surface area contributed by atoms with Gasteiger partial charge in [0.2, 0.25) is 11.7 Å². The average Bonchev–Trinajstić information content (AvgIpc) is 2.89. The molecule has 0 radical (unpaired) electrons. The lowest BCUT2D eigenvalue weighted by Crippen LogP contribution is -2.26. The molecule has 0 aliphatic carbocycles. The number of piperidine rings is 1. The van der Waals surface area contributed by atoms with Crippen LogP contribution in [0.3, 0.4) is 0 Å². The third-order valence-electron chi connectivity index (χ3n) is 3.22. The molecule has 1 aliphatic heterocycles. The van der Waals surface area contributed by atoms with Crippen molar-refractivity contribution in [1.82, 2.24) is 15.5 Å². The van der Waals surface area contributed by atoms with Crippen LogP contribution in [0.25, 0.3) is 11.4 Å². The van der Waals surface area contributed by atoms with Crippen molar-refractivity contribution in [3.05, 3.63) is 34.4 Å². The summed E-state index contributed by atoms with van der Waals surface area (Å²) < 4.78 is 19.0. The lowest BCUT2D eigenvalue weighted by atomic mass is 10.1. The molecular weight excluding hydrogens is 313 g/mol. The van der Waals surface area contributed by atoms with Crippen LogP contribution in [-0.4, -0.2) is 16.7 Å². The molecule has 6 heteroatoms. The highest BCUT2D eigenvalue weighted by molar-refractivity contribution is 9.10. The summed E-state index contributed by atoms with van der Waals surface area (Å²) >= 11 is 3.31. The lowest BCUT2D eigenvalue weighted by molar-refractivity contribution is 0.297. The standard InChI is InChI=1S/C13H13BrFN3O/c14-10-7-8(15)4-5-9(10)12-17-13(19-18-12)11-3-1-2-6-16-11/h4-5,7,11,16H,1-3,6H2/t11-/m0/s1. The van der Waals surface area contributed by atoms with Crippen molar-refractivity contribution in [2.75, 3.05) is 6.54 Å². The Morgan fingerprint density at radius 1 is 1.37 bits per heavy atom. The summed E-state index contributed by atoms with van der Waals surface area (Å²) in [6.45, 7) is 0.975. The van der Waals surface area contributed by atoms with Gasteiger partial charge in [0.05, 0.1) is 6.04 Å². The molecule has 1 fully saturated rings. The summed E-state index contributed by atoms with van der Waals surface area (Å²) in [5.41, 5.74) is 0.729. The van der Waals surface area contributed by atoms with Gasteiger partial charge in [-0.25, -0.2) is 4.39 Å². The van der Waals surface area contributed by atoms with E-state index in [2.05, 4.69) is 31.4 Å². The Morgan fingerprint density at radius 2 is 2.26 bits per heavy atom. The maximum Gasteiger partial charge on any atom is 0.244 e. The predicted molar refractivity (Wildman–Crippen MR) is 72.0 cm³/mol. The molecular formula is C13H13BrFN3O. The highest BCUT2D eigenvalue weighted by Gasteiger charge is 2.21. The van der Waals surface area contributed by atoms with Crippen LogP contribution < -0.4 is 5.32 Å². The maximum atomic E-state index is 13.1. The summed E-state index contributed by atoms with van der Waals surface area (Å²) in [5, 5.41) is 7.33. The third kappa shape index (κ3) is 2.69. The zero-order chi connectivity index (χ0) is 13.2. The number of halogens is 2. The van der Waals surface area contributed by atoms with E-state index in [4.69, 9.17) is 4.52 Å². The number of hydrogen-bond acceptors (Lipinski definition) is 4. The highest BCUT2D eigenvalue weighted by atomic mass is 79.9. The zero-order valence-electron chi connectivity index (χ0n) is 10.2. The van der Waals surface area contributed by atoms with Gasteiger partial charge in [-0.1, -0.05) is 11.6 Å². The van der Waals surface area contributed by atoms with Gasteiger partial charge in [0, 0.05) is 10.0 Å². The molecule has 1 aromatic carbocycles. The van der Waals surface area contributed by atoms with Gasteiger partial charge < -0.3 is 9.84 Å². The monoisotopic (exact) mass is 325 g/mol. The van der Waals surface area contributed by atoms with Crippen LogP contribution in [0.5, 0.6) is 0 Å². The van der Waals surface area contributed by atoms with Crippen molar-refractivity contribution in [2.45, 2.75) is 25.3 Å². The summed E-state index contributed by atoms with van der Waals surface area (Å²) in [7, 11) is 0. The van der Waals surface area contributed by atoms with E-state index in [1.165, 1.54) is 18.6 Å². The molecule has 100 valence electrons. The number of hydrogen-bond donors (Lipinski definition) is 1. The SMILES string of the molecule is Fc1ccc(-c2noc([C@@H]3CCCCN3)n2)c(Br)c1. The Balaban J connectivity index is 1.87. The zero-order valence-corrected chi connectivity index (χ0v) is 11.8. The van der Waals surface area contributed by atoms with Crippen molar-refractivity contribution in [3.8, 4) is 11.4 Å². The van der Waals surface area contributed by atoms with Gasteiger partial charge >= 0.3 is 0 Å². The molecule has 2 heterocycles. The van der Waals surface area contributed by atoms with E-state index in [0.29, 0.717) is 16.2 Å². The Kier molecular flexibility index (Phi) is 3.61. The van der Waals surface area contributed by atoms with Crippen molar-refractivity contribution in [1.29, 1.82) is 0 Å². The molecule has 1 saturated heterocycles. The Hall–Kier alpha value is -1.27. The second-order valence-corrected chi connectivity index (χ2v) is 5.44. The average molecular weight is 326 g/mol. The van der Waals surface area contributed by atoms with Crippen LogP contribution in [0.1, 0.15) is 31.2 Å². The molecule has 1 aromatic heterocycles. The molecule has 0 saturated carbocycles. The van der Waals surface area contributed by atoms with Gasteiger partial charge in [-0.3, -0.25) is 0 Å². The lowest BCUT2D eigenvalue weighted by Gasteiger charge is -2.19. The molecule has 1 aliphatic rings. The Labute approximate surface area is 118 Å². The Bertz CT molecular complexity index is 581. The topological polar surface area (TPSA) is 51.0 Å². The fourth-order valence-corrected chi connectivity index (χ4v) is 2.75. The summed E-state index contributed by atoms with van der Waals surface area (Å²) in [5.74, 6) is 0.786. The Morgan fingerprint density at radius 3 is 3.00 bits per heavy atom. The van der Waals surface area contributed by atoms with Crippen molar-refractivity contribution < 1.29 is 8.91 Å². The van der Waals surface area contributed by atoms with Crippen molar-refractivity contribution in [2.24, 2.45) is 0 Å². The van der Waals surface area contributed by atoms with Gasteiger partial charge in [-0.2, -0.15) is 4.98 Å². The number of aromatic nitrogens is 2. The minimum atomic E-state index is -0.298. The van der Waals surface area contributed by atoms with Gasteiger partial charge in [-0.15, -0.1) is 0 Å². The third-order valence-corrected chi connectivity index (χ3v) is 3.88. The molecule has 0 unspecified atom stereocenters. The van der Waals surface area contributed by atoms with E-state index in [0.717, 1.165) is 24.9 Å². The van der Waals surface area contributed by atoms with E-state index in [-0.39, 0.29) is 11.9 Å². The molecule has 0 bridgehead atoms. The smallest absolute Gasteiger partial charge is 0.244 e. The number of benzene rings is 1. The summed E-state index contributed by atoms with van der Waals surface area (Å²) in [4.78, 5) is 4.40. The molecule has 2 aromatic rings. The fraction of sp³-hybridized carbons (Fsp3) is 0.385. The first-order chi connectivity index (χ1) is 9.24. The molecule has 3 rings (SSSR count). The van der Waals surface area contributed by atoms with Crippen LogP contribution in [0, 0.1) is 5.82 Å². The second-order valence-electron chi connectivity index (χ2n) is 4.58. The first-order valence-electron chi connectivity index (χ1n) is 6.26. The summed E-state index contributed by atoms with van der Waals surface area (Å²) in [6, 6.07) is 4.55. The largest absolute Gasteiger partial charge is 0.337 e. The minimum absolute atomic E-state index is 0.134. The van der Waals surface area contributed by atoms with Gasteiger partial charge in [0.1, 0.15) is 5.82 Å². The van der Waals surface area contributed by atoms with Crippen LogP contribution in [0.15, 0.2) is 27.2 Å². The fourth-order valence-electron chi connectivity index (χ4n) is 2.22. The second kappa shape index (κ2) is 5.38. The van der Waals surface area contributed by atoms with Crippen LogP contribution >= 0.6 is 15.9 Å². The molecule has 1 atom stereocenters. The molecule has 19 heavy (non-hydrogen) atoms. The van der Waals surface area contributed by atoms with Crippen LogP contribution in [0.4, 0.5) is 4.39 Å². The quantitative estimate of drug-likeness (QED) is 0.918. The van der Waals surface area contributed by atoms with Crippen LogP contribution in [-0.2, 0) is 0 Å². The highest BCUT2D eigenvalue weighted by Crippen LogP contribution is 2.29. The minimum Gasteiger partial charge on any atom is -0.337 e. The maximum absolute atomic E-state index is 13.1. The van der Waals surface area contributed by atoms with Crippen LogP contribution in [0.2, 0.25) is 0 Å². The van der Waals surface area contributed by atoms with Crippen molar-refractivity contribution in [3.63, 3.8) is 0 Å². The van der Waals surface area contributed by atoms with Crippen molar-refractivity contribution >= 4 is 15.9 Å². The van der Waals surface area contributed by atoms with Gasteiger partial charge in [0.15, 0.2) is 0 Å². The number of rotatable bonds is 2. The predicted octanol–water partition coefficient (Wildman–Crippen LogP) is 3.45. The van der Waals surface area contributed by atoms with Gasteiger partial charge in [0.25, 0.3) is 0 Å². The molecule has 0 spiro atoms. The summed E-state index contributed by atoms with van der Waals surface area (Å²) in [6.07, 6.45) is 3.35. The van der Waals surface area contributed by atoms with E-state index in [9.17, 15) is 4.39 Å². The number of nitrogens with one attached hydrogen (secondary N) is 1. The molecule has 1 N–H and O–H groups in total. The first kappa shape index (κ1) is 12.7. The molecule has 0 amide bonds. The normalized spacial score (nSPS) is 19.6. The number of nitrogens with zero attached hydrogens (tertiary/aromatic N) is 2. The van der Waals surface area contributed by atoms with E-state index >= 15 is 0 Å². The van der Waals surface area contributed by atoms with E-state index < -0.39 is 0 Å². The van der Waals surface area contributed by atoms with E-state index in [1.807, 2.05) is 0 Å².